The highest BCUT2D eigenvalue weighted by Crippen LogP contribution is 2.35. The van der Waals surface area contributed by atoms with E-state index in [9.17, 15) is 4.39 Å². The van der Waals surface area contributed by atoms with Crippen molar-refractivity contribution in [3.05, 3.63) is 65.5 Å². The molecule has 0 aromatic heterocycles. The van der Waals surface area contributed by atoms with E-state index in [4.69, 9.17) is 9.73 Å². The number of fused-ring (bicyclic) bond motifs is 2. The molecular weight excluding hydrogens is 315 g/mol. The number of hydrogen-bond donors (Lipinski definition) is 1. The highest BCUT2D eigenvalue weighted by atomic mass is 19.1. The number of nitrogens with zero attached hydrogens (tertiary/aromatic N) is 1. The number of rotatable bonds is 2. The van der Waals surface area contributed by atoms with Crippen LogP contribution in [-0.2, 0) is 4.74 Å². The van der Waals surface area contributed by atoms with E-state index in [1.807, 2.05) is 12.1 Å². The maximum Gasteiger partial charge on any atom is 0.130 e. The van der Waals surface area contributed by atoms with Gasteiger partial charge in [-0.15, -0.1) is 0 Å². The minimum atomic E-state index is -0.160. The summed E-state index contributed by atoms with van der Waals surface area (Å²) in [5.74, 6) is 0.985. The van der Waals surface area contributed by atoms with Gasteiger partial charge in [0.15, 0.2) is 0 Å². The molecule has 4 rings (SSSR count). The summed E-state index contributed by atoms with van der Waals surface area (Å²) in [5, 5.41) is 3.54. The molecule has 1 N–H and O–H groups in total. The molecule has 25 heavy (non-hydrogen) atoms. The van der Waals surface area contributed by atoms with Crippen LogP contribution < -0.4 is 5.32 Å². The van der Waals surface area contributed by atoms with Gasteiger partial charge in [-0.25, -0.2) is 4.39 Å². The van der Waals surface area contributed by atoms with Gasteiger partial charge in [-0.1, -0.05) is 36.4 Å². The zero-order valence-corrected chi connectivity index (χ0v) is 14.2. The molecule has 3 nitrogen and oxygen atoms in total. The molecular formula is C21H23FN2O. The van der Waals surface area contributed by atoms with E-state index >= 15 is 0 Å². The molecule has 1 aliphatic carbocycles. The van der Waals surface area contributed by atoms with E-state index in [-0.39, 0.29) is 11.7 Å². The molecule has 0 spiro atoms. The van der Waals surface area contributed by atoms with Crippen molar-refractivity contribution in [3.8, 4) is 0 Å². The fourth-order valence-corrected chi connectivity index (χ4v) is 3.68. The third-order valence-electron chi connectivity index (χ3n) is 5.09. The van der Waals surface area contributed by atoms with Crippen LogP contribution in [0.2, 0.25) is 0 Å². The van der Waals surface area contributed by atoms with E-state index in [0.717, 1.165) is 43.9 Å². The Labute approximate surface area is 148 Å². The van der Waals surface area contributed by atoms with Gasteiger partial charge in [-0.05, 0) is 42.6 Å². The minimum absolute atomic E-state index is 0.160. The van der Waals surface area contributed by atoms with Crippen molar-refractivity contribution in [2.45, 2.75) is 25.3 Å². The molecule has 1 aromatic carbocycles. The monoisotopic (exact) mass is 338 g/mol. The van der Waals surface area contributed by atoms with Crippen LogP contribution in [0.3, 0.4) is 0 Å². The van der Waals surface area contributed by atoms with Crippen LogP contribution in [-0.4, -0.2) is 31.6 Å². The van der Waals surface area contributed by atoms with Gasteiger partial charge in [0.25, 0.3) is 0 Å². The van der Waals surface area contributed by atoms with Crippen molar-refractivity contribution in [1.82, 2.24) is 5.32 Å². The van der Waals surface area contributed by atoms with Crippen LogP contribution in [0, 0.1) is 11.7 Å². The number of hydrogen-bond acceptors (Lipinski definition) is 3. The van der Waals surface area contributed by atoms with Gasteiger partial charge in [0, 0.05) is 37.3 Å². The van der Waals surface area contributed by atoms with Gasteiger partial charge in [0.1, 0.15) is 11.7 Å². The first-order valence-corrected chi connectivity index (χ1v) is 9.02. The summed E-state index contributed by atoms with van der Waals surface area (Å²) in [7, 11) is 0. The SMILES string of the molecule is Fc1ccccc1C1=CC=C2/C=C\C(NC3CCOCC3)=NCC1C2. The average molecular weight is 338 g/mol. The van der Waals surface area contributed by atoms with Gasteiger partial charge in [-0.3, -0.25) is 4.99 Å². The number of aliphatic imine (C=N–C) groups is 1. The molecule has 2 bridgehead atoms. The fourth-order valence-electron chi connectivity index (χ4n) is 3.68. The predicted molar refractivity (Wildman–Crippen MR) is 99.0 cm³/mol. The van der Waals surface area contributed by atoms with Crippen LogP contribution in [0.4, 0.5) is 4.39 Å². The van der Waals surface area contributed by atoms with Gasteiger partial charge in [-0.2, -0.15) is 0 Å². The molecule has 1 unspecified atom stereocenters. The van der Waals surface area contributed by atoms with Crippen molar-refractivity contribution in [3.63, 3.8) is 0 Å². The summed E-state index contributed by atoms with van der Waals surface area (Å²) in [6, 6.07) is 7.44. The lowest BCUT2D eigenvalue weighted by atomic mass is 9.82. The largest absolute Gasteiger partial charge is 0.381 e. The normalized spacial score (nSPS) is 25.2. The Morgan fingerprint density at radius 3 is 2.76 bits per heavy atom. The summed E-state index contributed by atoms with van der Waals surface area (Å²) in [6.45, 7) is 2.29. The highest BCUT2D eigenvalue weighted by Gasteiger charge is 2.23. The summed E-state index contributed by atoms with van der Waals surface area (Å²) in [5.41, 5.74) is 3.01. The van der Waals surface area contributed by atoms with Gasteiger partial charge in [0.05, 0.1) is 0 Å². The van der Waals surface area contributed by atoms with E-state index in [1.54, 1.807) is 6.07 Å². The molecule has 1 atom stereocenters. The lowest BCUT2D eigenvalue weighted by Gasteiger charge is -2.27. The summed E-state index contributed by atoms with van der Waals surface area (Å²) < 4.78 is 19.6. The second kappa shape index (κ2) is 7.36. The molecule has 130 valence electrons. The van der Waals surface area contributed by atoms with E-state index in [0.29, 0.717) is 18.2 Å². The zero-order valence-electron chi connectivity index (χ0n) is 14.2. The van der Waals surface area contributed by atoms with Gasteiger partial charge >= 0.3 is 0 Å². The van der Waals surface area contributed by atoms with Crippen LogP contribution in [0.15, 0.2) is 59.1 Å². The Kier molecular flexibility index (Phi) is 4.79. The standard InChI is InChI=1S/C21H23FN2O/c22-20-4-2-1-3-19(20)18-7-5-15-6-8-21(23-14-16(18)13-15)24-17-9-11-25-12-10-17/h1-8,16-17H,9-14H2,(H,23,24)/b8-6-. The predicted octanol–water partition coefficient (Wildman–Crippen LogP) is 3.89. The molecule has 2 heterocycles. The molecule has 1 fully saturated rings. The molecule has 1 aromatic rings. The fraction of sp³-hybridized carbons (Fsp3) is 0.381. The number of allylic oxidation sites excluding steroid dienone is 4. The summed E-state index contributed by atoms with van der Waals surface area (Å²) in [6.07, 6.45) is 11.3. The number of benzene rings is 1. The third-order valence-corrected chi connectivity index (χ3v) is 5.09. The van der Waals surface area contributed by atoms with E-state index in [1.165, 1.54) is 11.6 Å². The molecule has 3 aliphatic rings. The lowest BCUT2D eigenvalue weighted by Crippen LogP contribution is -2.38. The van der Waals surface area contributed by atoms with Crippen LogP contribution >= 0.6 is 0 Å². The second-order valence-corrected chi connectivity index (χ2v) is 6.83. The third kappa shape index (κ3) is 3.74. The number of nitrogens with one attached hydrogen (secondary N) is 1. The van der Waals surface area contributed by atoms with Gasteiger partial charge in [0.2, 0.25) is 0 Å². The topological polar surface area (TPSA) is 33.6 Å². The molecule has 0 radical (unpaired) electrons. The van der Waals surface area contributed by atoms with E-state index in [2.05, 4.69) is 29.6 Å². The van der Waals surface area contributed by atoms with Crippen molar-refractivity contribution in [2.75, 3.05) is 19.8 Å². The highest BCUT2D eigenvalue weighted by molar-refractivity contribution is 5.94. The Bertz CT molecular complexity index is 757. The molecule has 2 aliphatic heterocycles. The molecule has 4 heteroatoms. The second-order valence-electron chi connectivity index (χ2n) is 6.83. The number of amidine groups is 1. The van der Waals surface area contributed by atoms with Gasteiger partial charge < -0.3 is 10.1 Å². The first-order chi connectivity index (χ1) is 12.3. The maximum absolute atomic E-state index is 14.2. The molecule has 1 saturated heterocycles. The average Bonchev–Trinajstić information content (AvgIpc) is 2.64. The van der Waals surface area contributed by atoms with Crippen molar-refractivity contribution >= 4 is 11.4 Å². The van der Waals surface area contributed by atoms with Crippen molar-refractivity contribution in [1.29, 1.82) is 0 Å². The van der Waals surface area contributed by atoms with Crippen molar-refractivity contribution in [2.24, 2.45) is 10.9 Å². The number of ether oxygens (including phenoxy) is 1. The zero-order chi connectivity index (χ0) is 17.1. The Morgan fingerprint density at radius 2 is 1.92 bits per heavy atom. The Hall–Kier alpha value is -2.20. The molecule has 0 saturated carbocycles. The quantitative estimate of drug-likeness (QED) is 0.887. The Morgan fingerprint density at radius 1 is 1.08 bits per heavy atom. The van der Waals surface area contributed by atoms with Crippen molar-refractivity contribution < 1.29 is 9.13 Å². The maximum atomic E-state index is 14.2. The Balaban J connectivity index is 1.56. The first kappa shape index (κ1) is 16.3. The summed E-state index contributed by atoms with van der Waals surface area (Å²) >= 11 is 0. The lowest BCUT2D eigenvalue weighted by molar-refractivity contribution is 0.0825. The molecule has 0 amide bonds. The van der Waals surface area contributed by atoms with Crippen LogP contribution in [0.25, 0.3) is 5.57 Å². The van der Waals surface area contributed by atoms with Crippen LogP contribution in [0.1, 0.15) is 24.8 Å². The number of halogens is 1. The smallest absolute Gasteiger partial charge is 0.130 e. The van der Waals surface area contributed by atoms with E-state index < -0.39 is 0 Å². The summed E-state index contributed by atoms with van der Waals surface area (Å²) in [4.78, 5) is 4.79. The first-order valence-electron chi connectivity index (χ1n) is 9.02. The van der Waals surface area contributed by atoms with Crippen LogP contribution in [0.5, 0.6) is 0 Å². The minimum Gasteiger partial charge on any atom is -0.381 e.